The molecular formula is C14H27N3O. The van der Waals surface area contributed by atoms with E-state index >= 15 is 0 Å². The van der Waals surface area contributed by atoms with Gasteiger partial charge in [0.1, 0.15) is 0 Å². The Labute approximate surface area is 111 Å². The summed E-state index contributed by atoms with van der Waals surface area (Å²) < 4.78 is 5.80. The lowest BCUT2D eigenvalue weighted by molar-refractivity contribution is -0.0191. The number of hydrogen-bond donors (Lipinski definition) is 1. The molecule has 2 aliphatic heterocycles. The van der Waals surface area contributed by atoms with Gasteiger partial charge in [0.2, 0.25) is 0 Å². The molecule has 0 aromatic heterocycles. The van der Waals surface area contributed by atoms with Gasteiger partial charge < -0.3 is 15.0 Å². The standard InChI is InChI=1S/C14H27N3O/c1-11-7-12(9-17(11)13-3-4-13)15-8-14-10-16(2)5-6-18-14/h11-15H,3-10H2,1-2H3. The van der Waals surface area contributed by atoms with Gasteiger partial charge in [-0.25, -0.2) is 0 Å². The molecule has 0 radical (unpaired) electrons. The van der Waals surface area contributed by atoms with Crippen molar-refractivity contribution in [1.82, 2.24) is 15.1 Å². The maximum atomic E-state index is 5.80. The molecule has 2 saturated heterocycles. The van der Waals surface area contributed by atoms with Crippen LogP contribution in [0, 0.1) is 0 Å². The number of nitrogens with zero attached hydrogens (tertiary/aromatic N) is 2. The average molecular weight is 253 g/mol. The number of likely N-dealkylation sites (tertiary alicyclic amines) is 1. The van der Waals surface area contributed by atoms with Crippen LogP contribution < -0.4 is 5.32 Å². The van der Waals surface area contributed by atoms with E-state index in [9.17, 15) is 0 Å². The summed E-state index contributed by atoms with van der Waals surface area (Å²) in [5, 5.41) is 3.72. The highest BCUT2D eigenvalue weighted by molar-refractivity contribution is 4.96. The highest BCUT2D eigenvalue weighted by Gasteiger charge is 2.38. The van der Waals surface area contributed by atoms with E-state index in [1.165, 1.54) is 25.8 Å². The minimum Gasteiger partial charge on any atom is -0.374 e. The highest BCUT2D eigenvalue weighted by Crippen LogP contribution is 2.33. The molecule has 104 valence electrons. The number of nitrogens with one attached hydrogen (secondary N) is 1. The largest absolute Gasteiger partial charge is 0.374 e. The van der Waals surface area contributed by atoms with Crippen molar-refractivity contribution < 1.29 is 4.74 Å². The number of hydrogen-bond acceptors (Lipinski definition) is 4. The SMILES string of the molecule is CC1CC(NCC2CN(C)CCO2)CN1C1CC1. The molecular weight excluding hydrogens is 226 g/mol. The van der Waals surface area contributed by atoms with Crippen molar-refractivity contribution in [3.8, 4) is 0 Å². The van der Waals surface area contributed by atoms with Gasteiger partial charge in [-0.1, -0.05) is 0 Å². The summed E-state index contributed by atoms with van der Waals surface area (Å²) in [7, 11) is 2.18. The van der Waals surface area contributed by atoms with Gasteiger partial charge in [-0.05, 0) is 33.2 Å². The van der Waals surface area contributed by atoms with Crippen molar-refractivity contribution in [2.24, 2.45) is 0 Å². The van der Waals surface area contributed by atoms with E-state index in [1.807, 2.05) is 0 Å². The van der Waals surface area contributed by atoms with Gasteiger partial charge in [-0.2, -0.15) is 0 Å². The van der Waals surface area contributed by atoms with Crippen LogP contribution in [0.4, 0.5) is 0 Å². The van der Waals surface area contributed by atoms with E-state index in [2.05, 4.69) is 29.1 Å². The Balaban J connectivity index is 1.40. The second-order valence-corrected chi connectivity index (χ2v) is 6.37. The molecule has 3 rings (SSSR count). The van der Waals surface area contributed by atoms with Crippen LogP contribution in [0.1, 0.15) is 26.2 Å². The molecule has 4 nitrogen and oxygen atoms in total. The monoisotopic (exact) mass is 253 g/mol. The van der Waals surface area contributed by atoms with Crippen molar-refractivity contribution in [3.05, 3.63) is 0 Å². The van der Waals surface area contributed by atoms with Crippen molar-refractivity contribution in [3.63, 3.8) is 0 Å². The first-order chi connectivity index (χ1) is 8.72. The van der Waals surface area contributed by atoms with Gasteiger partial charge >= 0.3 is 0 Å². The summed E-state index contributed by atoms with van der Waals surface area (Å²) in [5.74, 6) is 0. The fourth-order valence-corrected chi connectivity index (χ4v) is 3.41. The van der Waals surface area contributed by atoms with Gasteiger partial charge in [0.05, 0.1) is 12.7 Å². The van der Waals surface area contributed by atoms with Crippen LogP contribution in [0.25, 0.3) is 0 Å². The summed E-state index contributed by atoms with van der Waals surface area (Å²) in [5.41, 5.74) is 0. The van der Waals surface area contributed by atoms with Crippen LogP contribution in [0.3, 0.4) is 0 Å². The van der Waals surface area contributed by atoms with E-state index in [0.717, 1.165) is 38.3 Å². The van der Waals surface area contributed by atoms with Crippen molar-refractivity contribution >= 4 is 0 Å². The molecule has 1 aliphatic carbocycles. The molecule has 18 heavy (non-hydrogen) atoms. The van der Waals surface area contributed by atoms with Crippen LogP contribution in [0.15, 0.2) is 0 Å². The molecule has 1 N–H and O–H groups in total. The maximum absolute atomic E-state index is 5.80. The Morgan fingerprint density at radius 2 is 2.11 bits per heavy atom. The molecule has 0 aromatic rings. The summed E-state index contributed by atoms with van der Waals surface area (Å²) in [6.45, 7) is 7.67. The molecule has 3 fully saturated rings. The first-order valence-corrected chi connectivity index (χ1v) is 7.51. The Morgan fingerprint density at radius 1 is 1.28 bits per heavy atom. The summed E-state index contributed by atoms with van der Waals surface area (Å²) in [6, 6.07) is 2.35. The molecule has 0 bridgehead atoms. The zero-order valence-electron chi connectivity index (χ0n) is 11.8. The Kier molecular flexibility index (Phi) is 3.89. The molecule has 2 heterocycles. The molecule has 0 aromatic carbocycles. The smallest absolute Gasteiger partial charge is 0.0826 e. The van der Waals surface area contributed by atoms with Crippen LogP contribution in [0.5, 0.6) is 0 Å². The zero-order valence-corrected chi connectivity index (χ0v) is 11.8. The Bertz CT molecular complexity index is 282. The first kappa shape index (κ1) is 12.9. The third kappa shape index (κ3) is 3.05. The quantitative estimate of drug-likeness (QED) is 0.791. The van der Waals surface area contributed by atoms with Crippen molar-refractivity contribution in [1.29, 1.82) is 0 Å². The van der Waals surface area contributed by atoms with Gasteiger partial charge in [-0.3, -0.25) is 4.90 Å². The molecule has 3 unspecified atom stereocenters. The van der Waals surface area contributed by atoms with E-state index in [4.69, 9.17) is 4.74 Å². The maximum Gasteiger partial charge on any atom is 0.0826 e. The van der Waals surface area contributed by atoms with Gasteiger partial charge in [0.25, 0.3) is 0 Å². The number of ether oxygens (including phenoxy) is 1. The predicted molar refractivity (Wildman–Crippen MR) is 72.8 cm³/mol. The van der Waals surface area contributed by atoms with E-state index in [0.29, 0.717) is 12.1 Å². The third-order valence-corrected chi connectivity index (χ3v) is 4.61. The van der Waals surface area contributed by atoms with Crippen LogP contribution in [0.2, 0.25) is 0 Å². The van der Waals surface area contributed by atoms with Gasteiger partial charge in [-0.15, -0.1) is 0 Å². The fourth-order valence-electron chi connectivity index (χ4n) is 3.41. The molecule has 3 atom stereocenters. The Morgan fingerprint density at radius 3 is 2.83 bits per heavy atom. The molecule has 0 spiro atoms. The van der Waals surface area contributed by atoms with Gasteiger partial charge in [0.15, 0.2) is 0 Å². The topological polar surface area (TPSA) is 27.7 Å². The lowest BCUT2D eigenvalue weighted by Crippen LogP contribution is -2.47. The normalized spacial score (nSPS) is 39.3. The van der Waals surface area contributed by atoms with Crippen LogP contribution >= 0.6 is 0 Å². The highest BCUT2D eigenvalue weighted by atomic mass is 16.5. The summed E-state index contributed by atoms with van der Waals surface area (Å²) >= 11 is 0. The van der Waals surface area contributed by atoms with Crippen molar-refractivity contribution in [2.45, 2.75) is 50.4 Å². The Hall–Kier alpha value is -0.160. The van der Waals surface area contributed by atoms with Crippen LogP contribution in [-0.4, -0.2) is 73.9 Å². The lowest BCUT2D eigenvalue weighted by atomic mass is 10.2. The lowest BCUT2D eigenvalue weighted by Gasteiger charge is -2.31. The minimum atomic E-state index is 0.383. The zero-order chi connectivity index (χ0) is 12.5. The average Bonchev–Trinajstić information content (AvgIpc) is 3.11. The summed E-state index contributed by atoms with van der Waals surface area (Å²) in [6.07, 6.45) is 4.54. The number of rotatable bonds is 4. The minimum absolute atomic E-state index is 0.383. The molecule has 3 aliphatic rings. The number of morpholine rings is 1. The van der Waals surface area contributed by atoms with E-state index in [1.54, 1.807) is 0 Å². The molecule has 0 amide bonds. The van der Waals surface area contributed by atoms with E-state index < -0.39 is 0 Å². The molecule has 4 heteroatoms. The first-order valence-electron chi connectivity index (χ1n) is 7.51. The predicted octanol–water partition coefficient (Wildman–Crippen LogP) is 0.532. The third-order valence-electron chi connectivity index (χ3n) is 4.61. The second-order valence-electron chi connectivity index (χ2n) is 6.37. The molecule has 1 saturated carbocycles. The van der Waals surface area contributed by atoms with Crippen LogP contribution in [-0.2, 0) is 4.74 Å². The van der Waals surface area contributed by atoms with E-state index in [-0.39, 0.29) is 0 Å². The number of likely N-dealkylation sites (N-methyl/N-ethyl adjacent to an activating group) is 1. The summed E-state index contributed by atoms with van der Waals surface area (Å²) in [4.78, 5) is 5.06. The second kappa shape index (κ2) is 5.45. The van der Waals surface area contributed by atoms with Crippen molar-refractivity contribution in [2.75, 3.05) is 39.8 Å². The van der Waals surface area contributed by atoms with Gasteiger partial charge in [0, 0.05) is 44.3 Å². The fraction of sp³-hybridized carbons (Fsp3) is 1.00.